The van der Waals surface area contributed by atoms with Crippen molar-refractivity contribution in [2.75, 3.05) is 18.5 Å². The van der Waals surface area contributed by atoms with Crippen LogP contribution in [-0.2, 0) is 13.1 Å². The second-order valence-electron chi connectivity index (χ2n) is 5.24. The fourth-order valence-corrected chi connectivity index (χ4v) is 2.46. The number of para-hydroxylation sites is 1. The van der Waals surface area contributed by atoms with Crippen LogP contribution in [0.2, 0.25) is 0 Å². The number of benzene rings is 2. The molecule has 1 N–H and O–H groups in total. The van der Waals surface area contributed by atoms with Gasteiger partial charge < -0.3 is 10.2 Å². The van der Waals surface area contributed by atoms with E-state index in [1.807, 2.05) is 0 Å². The minimum Gasteiger partial charge on any atom is -0.370 e. The van der Waals surface area contributed by atoms with Crippen molar-refractivity contribution >= 4 is 5.69 Å². The summed E-state index contributed by atoms with van der Waals surface area (Å²) >= 11 is 0. The van der Waals surface area contributed by atoms with E-state index in [4.69, 9.17) is 0 Å². The molecule has 106 valence electrons. The van der Waals surface area contributed by atoms with Gasteiger partial charge in [0.05, 0.1) is 0 Å². The normalized spacial score (nSPS) is 10.6. The summed E-state index contributed by atoms with van der Waals surface area (Å²) in [5.41, 5.74) is 5.32. The molecule has 2 nitrogen and oxygen atoms in total. The van der Waals surface area contributed by atoms with Gasteiger partial charge in [0.15, 0.2) is 0 Å². The summed E-state index contributed by atoms with van der Waals surface area (Å²) in [6, 6.07) is 17.3. The maximum Gasteiger partial charge on any atom is 0.0426 e. The van der Waals surface area contributed by atoms with Gasteiger partial charge in [0.2, 0.25) is 0 Å². The highest BCUT2D eigenvalue weighted by atomic mass is 15.1. The van der Waals surface area contributed by atoms with Crippen LogP contribution < -0.4 is 10.2 Å². The molecule has 0 amide bonds. The smallest absolute Gasteiger partial charge is 0.0426 e. The summed E-state index contributed by atoms with van der Waals surface area (Å²) in [5.74, 6) is 0. The lowest BCUT2D eigenvalue weighted by atomic mass is 10.1. The molecule has 0 spiro atoms. The van der Waals surface area contributed by atoms with E-state index in [0.29, 0.717) is 0 Å². The number of hydrogen-bond donors (Lipinski definition) is 1. The highest BCUT2D eigenvalue weighted by Gasteiger charge is 2.05. The van der Waals surface area contributed by atoms with Crippen molar-refractivity contribution in [3.63, 3.8) is 0 Å². The minimum atomic E-state index is 0.935. The number of hydrogen-bond acceptors (Lipinski definition) is 2. The molecule has 0 heterocycles. The van der Waals surface area contributed by atoms with E-state index in [1.165, 1.54) is 22.4 Å². The summed E-state index contributed by atoms with van der Waals surface area (Å²) in [6.45, 7) is 7.18. The molecule has 2 rings (SSSR count). The molecule has 0 fully saturated rings. The van der Waals surface area contributed by atoms with E-state index in [-0.39, 0.29) is 0 Å². The Hall–Kier alpha value is -1.80. The van der Waals surface area contributed by atoms with Gasteiger partial charge in [0.1, 0.15) is 0 Å². The third-order valence-corrected chi connectivity index (χ3v) is 3.52. The molecule has 0 radical (unpaired) electrons. The van der Waals surface area contributed by atoms with Gasteiger partial charge in [-0.05, 0) is 36.2 Å². The summed E-state index contributed by atoms with van der Waals surface area (Å²) in [7, 11) is 2.15. The molecule has 2 heteroatoms. The van der Waals surface area contributed by atoms with Crippen molar-refractivity contribution in [2.45, 2.75) is 26.9 Å². The first-order valence-corrected chi connectivity index (χ1v) is 7.26. The Bertz CT molecular complexity index is 549. The lowest BCUT2D eigenvalue weighted by molar-refractivity contribution is 0.725. The van der Waals surface area contributed by atoms with Crippen LogP contribution in [-0.4, -0.2) is 13.6 Å². The van der Waals surface area contributed by atoms with E-state index >= 15 is 0 Å². The van der Waals surface area contributed by atoms with E-state index in [0.717, 1.165) is 19.6 Å². The van der Waals surface area contributed by atoms with Crippen LogP contribution in [0, 0.1) is 6.92 Å². The number of aryl methyl sites for hydroxylation is 1. The third kappa shape index (κ3) is 3.84. The summed E-state index contributed by atoms with van der Waals surface area (Å²) < 4.78 is 0. The zero-order valence-electron chi connectivity index (χ0n) is 12.7. The lowest BCUT2D eigenvalue weighted by Crippen LogP contribution is -2.18. The standard InChI is InChI=1S/C18H24N2/c1-4-19-13-16-9-7-10-17(12-16)14-20(3)18-11-6-5-8-15(18)2/h5-12,19H,4,13-14H2,1-3H3. The maximum atomic E-state index is 3.37. The summed E-state index contributed by atoms with van der Waals surface area (Å²) in [6.07, 6.45) is 0. The van der Waals surface area contributed by atoms with Gasteiger partial charge in [-0.15, -0.1) is 0 Å². The first kappa shape index (κ1) is 14.6. The molecule has 0 bridgehead atoms. The Morgan fingerprint density at radius 1 is 1.00 bits per heavy atom. The van der Waals surface area contributed by atoms with Crippen LogP contribution in [0.25, 0.3) is 0 Å². The third-order valence-electron chi connectivity index (χ3n) is 3.52. The highest BCUT2D eigenvalue weighted by Crippen LogP contribution is 2.20. The average molecular weight is 268 g/mol. The Kier molecular flexibility index (Phi) is 5.19. The molecular formula is C18H24N2. The van der Waals surface area contributed by atoms with Gasteiger partial charge in [0, 0.05) is 25.8 Å². The fourth-order valence-electron chi connectivity index (χ4n) is 2.46. The summed E-state index contributed by atoms with van der Waals surface area (Å²) in [5, 5.41) is 3.37. The molecule has 2 aromatic rings. The molecule has 20 heavy (non-hydrogen) atoms. The molecule has 0 aromatic heterocycles. The van der Waals surface area contributed by atoms with E-state index in [1.54, 1.807) is 0 Å². The van der Waals surface area contributed by atoms with Gasteiger partial charge in [-0.25, -0.2) is 0 Å². The second-order valence-corrected chi connectivity index (χ2v) is 5.24. The van der Waals surface area contributed by atoms with Gasteiger partial charge in [-0.2, -0.15) is 0 Å². The van der Waals surface area contributed by atoms with Crippen LogP contribution in [0.15, 0.2) is 48.5 Å². The Labute approximate surface area is 122 Å². The van der Waals surface area contributed by atoms with Crippen molar-refractivity contribution < 1.29 is 0 Å². The molecule has 0 aliphatic heterocycles. The molecule has 0 aliphatic carbocycles. The predicted octanol–water partition coefficient (Wildman–Crippen LogP) is 3.74. The number of nitrogens with zero attached hydrogens (tertiary/aromatic N) is 1. The monoisotopic (exact) mass is 268 g/mol. The molecular weight excluding hydrogens is 244 g/mol. The minimum absolute atomic E-state index is 0.935. The second kappa shape index (κ2) is 7.11. The molecule has 0 unspecified atom stereocenters. The van der Waals surface area contributed by atoms with Gasteiger partial charge in [-0.3, -0.25) is 0 Å². The largest absolute Gasteiger partial charge is 0.370 e. The molecule has 0 saturated heterocycles. The van der Waals surface area contributed by atoms with E-state index < -0.39 is 0 Å². The van der Waals surface area contributed by atoms with Gasteiger partial charge in [0.25, 0.3) is 0 Å². The van der Waals surface area contributed by atoms with E-state index in [2.05, 4.69) is 79.6 Å². The zero-order valence-corrected chi connectivity index (χ0v) is 12.7. The predicted molar refractivity (Wildman–Crippen MR) is 87.1 cm³/mol. The molecule has 0 aliphatic rings. The number of rotatable bonds is 6. The van der Waals surface area contributed by atoms with Crippen molar-refractivity contribution in [3.8, 4) is 0 Å². The van der Waals surface area contributed by atoms with Crippen molar-refractivity contribution in [3.05, 3.63) is 65.2 Å². The SMILES string of the molecule is CCNCc1cccc(CN(C)c2ccccc2C)c1. The number of nitrogens with one attached hydrogen (secondary N) is 1. The topological polar surface area (TPSA) is 15.3 Å². The van der Waals surface area contributed by atoms with Crippen LogP contribution >= 0.6 is 0 Å². The zero-order chi connectivity index (χ0) is 14.4. The Morgan fingerprint density at radius 2 is 1.75 bits per heavy atom. The molecule has 0 atom stereocenters. The molecule has 2 aromatic carbocycles. The summed E-state index contributed by atoms with van der Waals surface area (Å²) in [4.78, 5) is 2.31. The van der Waals surface area contributed by atoms with Crippen LogP contribution in [0.1, 0.15) is 23.6 Å². The first-order valence-electron chi connectivity index (χ1n) is 7.26. The van der Waals surface area contributed by atoms with Crippen LogP contribution in [0.3, 0.4) is 0 Å². The Morgan fingerprint density at radius 3 is 2.50 bits per heavy atom. The lowest BCUT2D eigenvalue weighted by Gasteiger charge is -2.21. The first-order chi connectivity index (χ1) is 9.70. The highest BCUT2D eigenvalue weighted by molar-refractivity contribution is 5.52. The Balaban J connectivity index is 2.08. The molecule has 0 saturated carbocycles. The van der Waals surface area contributed by atoms with Crippen molar-refractivity contribution in [2.24, 2.45) is 0 Å². The van der Waals surface area contributed by atoms with E-state index in [9.17, 15) is 0 Å². The van der Waals surface area contributed by atoms with Crippen LogP contribution in [0.4, 0.5) is 5.69 Å². The van der Waals surface area contributed by atoms with Crippen molar-refractivity contribution in [1.29, 1.82) is 0 Å². The van der Waals surface area contributed by atoms with Crippen molar-refractivity contribution in [1.82, 2.24) is 5.32 Å². The van der Waals surface area contributed by atoms with Gasteiger partial charge in [-0.1, -0.05) is 49.4 Å². The van der Waals surface area contributed by atoms with Gasteiger partial charge >= 0.3 is 0 Å². The maximum absolute atomic E-state index is 3.37. The average Bonchev–Trinajstić information content (AvgIpc) is 2.46. The quantitative estimate of drug-likeness (QED) is 0.858. The number of anilines is 1. The van der Waals surface area contributed by atoms with Crippen LogP contribution in [0.5, 0.6) is 0 Å². The fraction of sp³-hybridized carbons (Fsp3) is 0.333.